The van der Waals surface area contributed by atoms with Crippen LogP contribution in [-0.2, 0) is 9.84 Å². The Morgan fingerprint density at radius 3 is 1.88 bits per heavy atom. The van der Waals surface area contributed by atoms with Crippen LogP contribution >= 0.6 is 0 Å². The molecule has 0 N–H and O–H groups in total. The molecular formula is C21H20O3S. The Kier molecular flexibility index (Phi) is 4.64. The van der Waals surface area contributed by atoms with Gasteiger partial charge in [0.1, 0.15) is 5.75 Å². The summed E-state index contributed by atoms with van der Waals surface area (Å²) in [5.74, 6) is 0.860. The third-order valence-corrected chi connectivity index (χ3v) is 5.35. The van der Waals surface area contributed by atoms with E-state index >= 15 is 0 Å². The van der Waals surface area contributed by atoms with Crippen LogP contribution in [0.15, 0.2) is 71.6 Å². The molecule has 0 atom stereocenters. The van der Waals surface area contributed by atoms with Crippen molar-refractivity contribution in [1.82, 2.24) is 0 Å². The molecule has 0 amide bonds. The van der Waals surface area contributed by atoms with Gasteiger partial charge in [-0.3, -0.25) is 0 Å². The zero-order valence-electron chi connectivity index (χ0n) is 14.5. The van der Waals surface area contributed by atoms with E-state index in [9.17, 15) is 8.42 Å². The van der Waals surface area contributed by atoms with Gasteiger partial charge in [-0.25, -0.2) is 8.42 Å². The van der Waals surface area contributed by atoms with Crippen LogP contribution in [0.2, 0.25) is 0 Å². The molecule has 0 unspecified atom stereocenters. The fourth-order valence-electron chi connectivity index (χ4n) is 2.91. The molecule has 0 bridgehead atoms. The molecule has 0 fully saturated rings. The van der Waals surface area contributed by atoms with Gasteiger partial charge < -0.3 is 4.74 Å². The fourth-order valence-corrected chi connectivity index (χ4v) is 3.54. The highest BCUT2D eigenvalue weighted by Gasteiger charge is 2.11. The molecule has 0 aliphatic heterocycles. The van der Waals surface area contributed by atoms with Gasteiger partial charge in [0, 0.05) is 6.26 Å². The average molecular weight is 352 g/mol. The maximum absolute atomic E-state index is 11.7. The summed E-state index contributed by atoms with van der Waals surface area (Å²) >= 11 is 0. The van der Waals surface area contributed by atoms with Crippen molar-refractivity contribution >= 4 is 9.84 Å². The average Bonchev–Trinajstić information content (AvgIpc) is 2.61. The van der Waals surface area contributed by atoms with Crippen LogP contribution in [0.4, 0.5) is 0 Å². The van der Waals surface area contributed by atoms with Crippen molar-refractivity contribution in [2.45, 2.75) is 11.8 Å². The maximum atomic E-state index is 11.7. The summed E-state index contributed by atoms with van der Waals surface area (Å²) in [7, 11) is -1.53. The number of hydrogen-bond acceptors (Lipinski definition) is 3. The molecule has 0 heterocycles. The summed E-state index contributed by atoms with van der Waals surface area (Å²) in [6.45, 7) is 2.02. The van der Waals surface area contributed by atoms with Crippen molar-refractivity contribution in [2.75, 3.05) is 13.4 Å². The lowest BCUT2D eigenvalue weighted by Crippen LogP contribution is -1.96. The Morgan fingerprint density at radius 2 is 1.36 bits per heavy atom. The number of rotatable bonds is 4. The topological polar surface area (TPSA) is 43.4 Å². The predicted octanol–water partition coefficient (Wildman–Crippen LogP) is 4.74. The van der Waals surface area contributed by atoms with E-state index < -0.39 is 9.84 Å². The predicted molar refractivity (Wildman–Crippen MR) is 102 cm³/mol. The largest absolute Gasteiger partial charge is 0.496 e. The Labute approximate surface area is 148 Å². The quantitative estimate of drug-likeness (QED) is 0.681. The molecule has 3 aromatic rings. The van der Waals surface area contributed by atoms with Gasteiger partial charge in [-0.15, -0.1) is 0 Å². The van der Waals surface area contributed by atoms with E-state index in [1.165, 1.54) is 6.26 Å². The summed E-state index contributed by atoms with van der Waals surface area (Å²) in [5.41, 5.74) is 5.31. The van der Waals surface area contributed by atoms with Gasteiger partial charge in [0.15, 0.2) is 9.84 Å². The number of aryl methyl sites for hydroxylation is 1. The lowest BCUT2D eigenvalue weighted by molar-refractivity contribution is 0.412. The van der Waals surface area contributed by atoms with Crippen molar-refractivity contribution in [3.8, 4) is 28.0 Å². The number of methoxy groups -OCH3 is 1. The van der Waals surface area contributed by atoms with Crippen molar-refractivity contribution in [1.29, 1.82) is 0 Å². The molecule has 0 aromatic heterocycles. The molecule has 0 aliphatic carbocycles. The van der Waals surface area contributed by atoms with Gasteiger partial charge in [0.05, 0.1) is 12.0 Å². The second kappa shape index (κ2) is 6.73. The lowest BCUT2D eigenvalue weighted by Gasteiger charge is -2.12. The monoisotopic (exact) mass is 352 g/mol. The molecule has 0 radical (unpaired) electrons. The van der Waals surface area contributed by atoms with E-state index in [4.69, 9.17) is 4.74 Å². The molecular weight excluding hydrogens is 332 g/mol. The molecule has 0 saturated carbocycles. The van der Waals surface area contributed by atoms with Gasteiger partial charge in [-0.05, 0) is 59.0 Å². The van der Waals surface area contributed by atoms with Crippen LogP contribution in [0.3, 0.4) is 0 Å². The second-order valence-corrected chi connectivity index (χ2v) is 8.04. The van der Waals surface area contributed by atoms with Gasteiger partial charge in [0.25, 0.3) is 0 Å². The molecule has 0 spiro atoms. The summed E-state index contributed by atoms with van der Waals surface area (Å²) in [5, 5.41) is 0. The third-order valence-electron chi connectivity index (χ3n) is 4.23. The fraction of sp³-hybridized carbons (Fsp3) is 0.143. The molecule has 0 aliphatic rings. The second-order valence-electron chi connectivity index (χ2n) is 6.03. The highest BCUT2D eigenvalue weighted by molar-refractivity contribution is 7.90. The van der Waals surface area contributed by atoms with Crippen molar-refractivity contribution < 1.29 is 13.2 Å². The Morgan fingerprint density at radius 1 is 0.800 bits per heavy atom. The summed E-state index contributed by atoms with van der Waals surface area (Å²) in [6, 6.07) is 21.2. The van der Waals surface area contributed by atoms with E-state index in [1.807, 2.05) is 49.4 Å². The van der Waals surface area contributed by atoms with Crippen LogP contribution < -0.4 is 4.74 Å². The first-order valence-electron chi connectivity index (χ1n) is 7.94. The zero-order valence-corrected chi connectivity index (χ0v) is 15.3. The minimum absolute atomic E-state index is 0.328. The Balaban J connectivity index is 2.09. The van der Waals surface area contributed by atoms with Crippen molar-refractivity contribution in [3.05, 3.63) is 72.3 Å². The number of benzene rings is 3. The molecule has 0 saturated heterocycles. The van der Waals surface area contributed by atoms with Gasteiger partial charge in [-0.1, -0.05) is 42.5 Å². The smallest absolute Gasteiger partial charge is 0.175 e. The van der Waals surface area contributed by atoms with E-state index in [-0.39, 0.29) is 0 Å². The van der Waals surface area contributed by atoms with Crippen LogP contribution in [0, 0.1) is 6.92 Å². The summed E-state index contributed by atoms with van der Waals surface area (Å²) in [6.07, 6.45) is 1.22. The Hall–Kier alpha value is -2.59. The normalized spacial score (nSPS) is 11.3. The number of ether oxygens (including phenoxy) is 1. The highest BCUT2D eigenvalue weighted by atomic mass is 32.2. The standard InChI is InChI=1S/C21H20O3S/c1-15-14-17(10-13-21(15)24-2)20-7-5-4-6-19(20)16-8-11-18(12-9-16)25(3,22)23/h4-14H,1-3H3. The van der Waals surface area contributed by atoms with E-state index in [2.05, 4.69) is 12.1 Å². The first-order valence-corrected chi connectivity index (χ1v) is 9.84. The van der Waals surface area contributed by atoms with E-state index in [1.54, 1.807) is 19.2 Å². The molecule has 3 rings (SSSR count). The van der Waals surface area contributed by atoms with Crippen LogP contribution in [0.5, 0.6) is 5.75 Å². The van der Waals surface area contributed by atoms with Crippen LogP contribution in [0.1, 0.15) is 5.56 Å². The third kappa shape index (κ3) is 3.59. The van der Waals surface area contributed by atoms with Crippen molar-refractivity contribution in [3.63, 3.8) is 0 Å². The number of hydrogen-bond donors (Lipinski definition) is 0. The van der Waals surface area contributed by atoms with Crippen LogP contribution in [-0.4, -0.2) is 21.8 Å². The van der Waals surface area contributed by atoms with E-state index in [0.717, 1.165) is 33.6 Å². The first kappa shape index (κ1) is 17.2. The molecule has 128 valence electrons. The van der Waals surface area contributed by atoms with Crippen LogP contribution in [0.25, 0.3) is 22.3 Å². The Bertz CT molecular complexity index is 1000. The molecule has 3 aromatic carbocycles. The minimum Gasteiger partial charge on any atom is -0.496 e. The first-order chi connectivity index (χ1) is 11.9. The number of sulfone groups is 1. The molecule has 4 heteroatoms. The van der Waals surface area contributed by atoms with Gasteiger partial charge in [-0.2, -0.15) is 0 Å². The maximum Gasteiger partial charge on any atom is 0.175 e. The zero-order chi connectivity index (χ0) is 18.0. The SMILES string of the molecule is COc1ccc(-c2ccccc2-c2ccc(S(C)(=O)=O)cc2)cc1C. The van der Waals surface area contributed by atoms with Gasteiger partial charge >= 0.3 is 0 Å². The minimum atomic E-state index is -3.19. The van der Waals surface area contributed by atoms with Crippen molar-refractivity contribution in [2.24, 2.45) is 0 Å². The summed E-state index contributed by atoms with van der Waals surface area (Å²) in [4.78, 5) is 0.328. The van der Waals surface area contributed by atoms with Gasteiger partial charge in [0.2, 0.25) is 0 Å². The van der Waals surface area contributed by atoms with E-state index in [0.29, 0.717) is 4.90 Å². The highest BCUT2D eigenvalue weighted by Crippen LogP contribution is 2.34. The lowest BCUT2D eigenvalue weighted by atomic mass is 9.94. The molecule has 25 heavy (non-hydrogen) atoms. The summed E-state index contributed by atoms with van der Waals surface area (Å²) < 4.78 is 28.6. The molecule has 3 nitrogen and oxygen atoms in total.